The Morgan fingerprint density at radius 3 is 2.56 bits per heavy atom. The first-order valence-corrected chi connectivity index (χ1v) is 13.5. The molecule has 1 aliphatic rings. The van der Waals surface area contributed by atoms with Crippen LogP contribution in [-0.2, 0) is 16.1 Å². The number of hydrogen-bond donors (Lipinski definition) is 1. The van der Waals surface area contributed by atoms with E-state index < -0.39 is 5.97 Å². The molecule has 184 valence electrons. The molecule has 0 amide bonds. The number of benzene rings is 3. The Hall–Kier alpha value is -2.46. The summed E-state index contributed by atoms with van der Waals surface area (Å²) in [6, 6.07) is 20.3. The summed E-state index contributed by atoms with van der Waals surface area (Å²) in [6.07, 6.45) is 1.80. The lowest BCUT2D eigenvalue weighted by Gasteiger charge is -2.10. The minimum absolute atomic E-state index is 0.0632. The molecule has 1 N–H and O–H groups in total. The van der Waals surface area contributed by atoms with Crippen molar-refractivity contribution >= 4 is 80.3 Å². The van der Waals surface area contributed by atoms with Crippen LogP contribution in [0, 0.1) is 3.57 Å². The second kappa shape index (κ2) is 12.2. The monoisotopic (exact) mass is 651 g/mol. The van der Waals surface area contributed by atoms with Gasteiger partial charge in [0.1, 0.15) is 28.7 Å². The molecule has 36 heavy (non-hydrogen) atoms. The Kier molecular flexibility index (Phi) is 9.00. The number of halogens is 3. The van der Waals surface area contributed by atoms with Crippen molar-refractivity contribution in [3.8, 4) is 5.75 Å². The van der Waals surface area contributed by atoms with Gasteiger partial charge in [-0.25, -0.2) is 9.79 Å². The average molecular weight is 652 g/mol. The van der Waals surface area contributed by atoms with Crippen LogP contribution in [0.15, 0.2) is 88.0 Å². The predicted octanol–water partition coefficient (Wildman–Crippen LogP) is 8.37. The molecule has 0 aliphatic carbocycles. The molecule has 1 aliphatic heterocycles. The fraction of sp³-hybridized carbons (Fsp3) is 0.111. The van der Waals surface area contributed by atoms with Crippen molar-refractivity contribution in [2.45, 2.75) is 13.5 Å². The largest absolute Gasteiger partial charge is 0.506 e. The highest BCUT2D eigenvalue weighted by atomic mass is 127. The molecular weight excluding hydrogens is 632 g/mol. The van der Waals surface area contributed by atoms with Gasteiger partial charge in [0.15, 0.2) is 0 Å². The van der Waals surface area contributed by atoms with E-state index in [1.165, 1.54) is 11.8 Å². The van der Waals surface area contributed by atoms with E-state index in [0.29, 0.717) is 38.0 Å². The van der Waals surface area contributed by atoms with E-state index in [4.69, 9.17) is 32.7 Å². The minimum Gasteiger partial charge on any atom is -0.506 e. The number of ether oxygens (including phenoxy) is 2. The zero-order valence-corrected chi connectivity index (χ0v) is 23.5. The number of aliphatic hydroxyl groups excluding tert-OH is 1. The molecular formula is C27H20Cl2INO4S. The van der Waals surface area contributed by atoms with Gasteiger partial charge in [0.2, 0.25) is 0 Å². The average Bonchev–Trinajstić information content (AvgIpc) is 3.15. The molecule has 0 bridgehead atoms. The van der Waals surface area contributed by atoms with Crippen LogP contribution in [0.25, 0.3) is 6.08 Å². The zero-order chi connectivity index (χ0) is 25.7. The lowest BCUT2D eigenvalue weighted by molar-refractivity contribution is -0.138. The fourth-order valence-corrected chi connectivity index (χ4v) is 5.33. The van der Waals surface area contributed by atoms with Crippen LogP contribution in [0.5, 0.6) is 5.75 Å². The molecule has 5 nitrogen and oxygen atoms in total. The van der Waals surface area contributed by atoms with Gasteiger partial charge in [-0.05, 0) is 83.1 Å². The minimum atomic E-state index is -0.610. The van der Waals surface area contributed by atoms with Crippen LogP contribution >= 0.6 is 57.6 Å². The van der Waals surface area contributed by atoms with Crippen molar-refractivity contribution in [3.63, 3.8) is 0 Å². The molecule has 0 atom stereocenters. The lowest BCUT2D eigenvalue weighted by atomic mass is 10.1. The van der Waals surface area contributed by atoms with Crippen molar-refractivity contribution in [1.29, 1.82) is 0 Å². The van der Waals surface area contributed by atoms with E-state index >= 15 is 0 Å². The van der Waals surface area contributed by atoms with E-state index in [1.807, 2.05) is 54.6 Å². The highest BCUT2D eigenvalue weighted by Crippen LogP contribution is 2.40. The SMILES string of the molecule is CCOC(=O)C1=C(O)/C(=C/c2ccc(OCc3ccc(Cl)c(Cl)c3)c(I)c2)SC1=Nc1ccccc1. The molecule has 0 fully saturated rings. The highest BCUT2D eigenvalue weighted by Gasteiger charge is 2.33. The van der Waals surface area contributed by atoms with E-state index in [-0.39, 0.29) is 17.9 Å². The molecule has 3 aromatic rings. The number of para-hydroxylation sites is 1. The summed E-state index contributed by atoms with van der Waals surface area (Å²) in [6.45, 7) is 2.25. The molecule has 0 saturated heterocycles. The molecule has 4 rings (SSSR count). The normalized spacial score (nSPS) is 15.6. The van der Waals surface area contributed by atoms with Crippen molar-refractivity contribution in [2.75, 3.05) is 6.61 Å². The van der Waals surface area contributed by atoms with Gasteiger partial charge in [-0.2, -0.15) is 0 Å². The van der Waals surface area contributed by atoms with Gasteiger partial charge in [-0.1, -0.05) is 65.3 Å². The molecule has 0 spiro atoms. The van der Waals surface area contributed by atoms with E-state index in [2.05, 4.69) is 27.6 Å². The van der Waals surface area contributed by atoms with Crippen LogP contribution in [0.4, 0.5) is 5.69 Å². The van der Waals surface area contributed by atoms with Gasteiger partial charge in [0, 0.05) is 0 Å². The van der Waals surface area contributed by atoms with Crippen molar-refractivity contribution in [1.82, 2.24) is 0 Å². The molecule has 0 saturated carbocycles. The van der Waals surface area contributed by atoms with E-state index in [9.17, 15) is 9.90 Å². The van der Waals surface area contributed by atoms with Gasteiger partial charge in [0.25, 0.3) is 0 Å². The van der Waals surface area contributed by atoms with Gasteiger partial charge >= 0.3 is 5.97 Å². The summed E-state index contributed by atoms with van der Waals surface area (Å²) in [5, 5.41) is 12.3. The van der Waals surface area contributed by atoms with Gasteiger partial charge in [0.05, 0.1) is 30.8 Å². The maximum Gasteiger partial charge on any atom is 0.344 e. The summed E-state index contributed by atoms with van der Waals surface area (Å²) in [5.74, 6) is -0.0505. The summed E-state index contributed by atoms with van der Waals surface area (Å²) < 4.78 is 12.0. The molecule has 1 heterocycles. The van der Waals surface area contributed by atoms with Gasteiger partial charge in [-0.15, -0.1) is 0 Å². The Bertz CT molecular complexity index is 1390. The number of nitrogens with zero attached hydrogens (tertiary/aromatic N) is 1. The topological polar surface area (TPSA) is 68.1 Å². The Labute approximate surface area is 237 Å². The van der Waals surface area contributed by atoms with Crippen LogP contribution in [0.2, 0.25) is 10.0 Å². The number of rotatable bonds is 7. The Morgan fingerprint density at radius 2 is 1.86 bits per heavy atom. The Balaban J connectivity index is 1.57. The lowest BCUT2D eigenvalue weighted by Crippen LogP contribution is -2.12. The summed E-state index contributed by atoms with van der Waals surface area (Å²) >= 11 is 15.5. The maximum atomic E-state index is 12.6. The smallest absolute Gasteiger partial charge is 0.344 e. The second-order valence-electron chi connectivity index (χ2n) is 7.53. The van der Waals surface area contributed by atoms with Gasteiger partial charge < -0.3 is 14.6 Å². The first kappa shape index (κ1) is 26.6. The fourth-order valence-electron chi connectivity index (χ4n) is 3.28. The molecule has 0 radical (unpaired) electrons. The summed E-state index contributed by atoms with van der Waals surface area (Å²) in [7, 11) is 0. The summed E-state index contributed by atoms with van der Waals surface area (Å²) in [4.78, 5) is 17.7. The number of aliphatic imine (C=N–C) groups is 1. The maximum absolute atomic E-state index is 12.6. The summed E-state index contributed by atoms with van der Waals surface area (Å²) in [5.41, 5.74) is 2.47. The van der Waals surface area contributed by atoms with Crippen LogP contribution < -0.4 is 4.74 Å². The van der Waals surface area contributed by atoms with E-state index in [1.54, 1.807) is 25.1 Å². The number of carbonyl (C=O) groups excluding carboxylic acids is 1. The highest BCUT2D eigenvalue weighted by molar-refractivity contribution is 14.1. The van der Waals surface area contributed by atoms with Gasteiger partial charge in [-0.3, -0.25) is 0 Å². The quantitative estimate of drug-likeness (QED) is 0.205. The number of carbonyl (C=O) groups is 1. The first-order valence-electron chi connectivity index (χ1n) is 10.9. The molecule has 0 unspecified atom stereocenters. The van der Waals surface area contributed by atoms with Crippen molar-refractivity contribution in [2.24, 2.45) is 4.99 Å². The molecule has 0 aromatic heterocycles. The second-order valence-corrected chi connectivity index (χ2v) is 10.5. The molecule has 3 aromatic carbocycles. The Morgan fingerprint density at radius 1 is 1.08 bits per heavy atom. The number of esters is 1. The number of thioether (sulfide) groups is 1. The van der Waals surface area contributed by atoms with Crippen LogP contribution in [0.1, 0.15) is 18.1 Å². The van der Waals surface area contributed by atoms with Crippen molar-refractivity contribution < 1.29 is 19.4 Å². The first-order chi connectivity index (χ1) is 17.4. The third-order valence-electron chi connectivity index (χ3n) is 4.99. The standard InChI is InChI=1S/C27H20Cl2INO4S/c1-2-34-27(33)24-25(32)23(36-26(24)31-18-6-4-3-5-7-18)14-16-9-11-22(21(30)13-16)35-15-17-8-10-19(28)20(29)12-17/h3-14,32H,2,15H2,1H3/b23-14-,31-26?. The third kappa shape index (κ3) is 6.45. The van der Waals surface area contributed by atoms with Crippen molar-refractivity contribution in [3.05, 3.63) is 108 Å². The number of hydrogen-bond acceptors (Lipinski definition) is 6. The molecule has 9 heteroatoms. The third-order valence-corrected chi connectivity index (χ3v) is 7.59. The zero-order valence-electron chi connectivity index (χ0n) is 19.0. The van der Waals surface area contributed by atoms with Crippen LogP contribution in [0.3, 0.4) is 0 Å². The number of aliphatic hydroxyl groups is 1. The predicted molar refractivity (Wildman–Crippen MR) is 155 cm³/mol. The van der Waals surface area contributed by atoms with E-state index in [0.717, 1.165) is 14.7 Å². The van der Waals surface area contributed by atoms with Crippen LogP contribution in [-0.4, -0.2) is 22.7 Å².